The number of hydrogen-bond donors (Lipinski definition) is 4. The van der Waals surface area contributed by atoms with Crippen LogP contribution in [-0.4, -0.2) is 43.6 Å². The summed E-state index contributed by atoms with van der Waals surface area (Å²) in [5.41, 5.74) is 3.42. The first-order valence-electron chi connectivity index (χ1n) is 17.1. The number of benzene rings is 2. The summed E-state index contributed by atoms with van der Waals surface area (Å²) in [7, 11) is 0. The molecule has 2 bridgehead atoms. The van der Waals surface area contributed by atoms with Gasteiger partial charge in [-0.3, -0.25) is 9.59 Å². The van der Waals surface area contributed by atoms with E-state index in [9.17, 15) is 30.0 Å². The molecule has 2 aliphatic heterocycles. The second kappa shape index (κ2) is 10.9. The Bertz CT molecular complexity index is 1720. The predicted molar refractivity (Wildman–Crippen MR) is 179 cm³/mol. The molecular weight excluding hydrogens is 596 g/mol. The van der Waals surface area contributed by atoms with Crippen molar-refractivity contribution >= 4 is 11.9 Å². The number of fused-ring (bicyclic) bond motifs is 4. The summed E-state index contributed by atoms with van der Waals surface area (Å²) < 4.78 is 13.4. The average molecular weight is 647 g/mol. The molecule has 2 aromatic rings. The quantitative estimate of drug-likeness (QED) is 0.214. The summed E-state index contributed by atoms with van der Waals surface area (Å²) in [6.07, 6.45) is 8.88. The molecule has 254 valence electrons. The van der Waals surface area contributed by atoms with Crippen LogP contribution in [0.5, 0.6) is 23.0 Å². The number of carbonyl (C=O) groups is 2. The number of allylic oxidation sites excluding steroid dienone is 2. The highest BCUT2D eigenvalue weighted by atomic mass is 16.5. The van der Waals surface area contributed by atoms with E-state index in [1.165, 1.54) is 0 Å². The maximum Gasteiger partial charge on any atom is 0.311 e. The topological polar surface area (TPSA) is 134 Å². The Morgan fingerprint density at radius 3 is 1.64 bits per heavy atom. The van der Waals surface area contributed by atoms with Gasteiger partial charge in [0.15, 0.2) is 0 Å². The molecule has 2 aliphatic carbocycles. The summed E-state index contributed by atoms with van der Waals surface area (Å²) in [5.74, 6) is -1.34. The standard InChI is InChI=1S/C39H50O8/c1-20-22(3)32-27(24(5)30(20)40)10-12-36(7,46-32)15-17-38-14-9-26(19-38)29(34(42)43)39(38,35(44)45)18-16-37(8)13-11-28-25(6)31(41)21(2)23(4)33(28)47-37/h9,14,26,29,40-41H,10-13,15-19H2,1-8H3,(H,42,43)(H,44,45). The van der Waals surface area contributed by atoms with Gasteiger partial charge in [0.1, 0.15) is 34.2 Å². The Hall–Kier alpha value is -3.68. The second-order valence-electron chi connectivity index (χ2n) is 15.6. The van der Waals surface area contributed by atoms with E-state index in [0.29, 0.717) is 50.7 Å². The van der Waals surface area contributed by atoms with Crippen molar-refractivity contribution in [2.45, 2.75) is 124 Å². The summed E-state index contributed by atoms with van der Waals surface area (Å²) in [4.78, 5) is 26.6. The van der Waals surface area contributed by atoms with Crippen LogP contribution in [-0.2, 0) is 22.4 Å². The first kappa shape index (κ1) is 33.2. The summed E-state index contributed by atoms with van der Waals surface area (Å²) in [6.45, 7) is 15.6. The van der Waals surface area contributed by atoms with E-state index in [1.807, 2.05) is 60.6 Å². The lowest BCUT2D eigenvalue weighted by atomic mass is 9.55. The van der Waals surface area contributed by atoms with Crippen molar-refractivity contribution in [2.24, 2.45) is 22.7 Å². The molecule has 8 nitrogen and oxygen atoms in total. The van der Waals surface area contributed by atoms with Crippen LogP contribution in [0.15, 0.2) is 12.2 Å². The third kappa shape index (κ3) is 4.75. The SMILES string of the molecule is Cc1c(C)c2c(c(C)c1O)CCC(C)(CCC13C=CC(C1)C(C(=O)O)C3(CCC1(C)CCc3c(C)c(O)c(C)c(C)c3O1)C(=O)O)O2. The van der Waals surface area contributed by atoms with Gasteiger partial charge in [-0.05, 0) is 152 Å². The maximum atomic E-state index is 13.6. The molecule has 2 aromatic carbocycles. The van der Waals surface area contributed by atoms with Crippen molar-refractivity contribution in [3.05, 3.63) is 56.7 Å². The third-order valence-corrected chi connectivity index (χ3v) is 13.1. The van der Waals surface area contributed by atoms with Crippen LogP contribution < -0.4 is 9.47 Å². The zero-order chi connectivity index (χ0) is 34.4. The van der Waals surface area contributed by atoms with Crippen LogP contribution >= 0.6 is 0 Å². The van der Waals surface area contributed by atoms with Gasteiger partial charge < -0.3 is 29.9 Å². The Balaban J connectivity index is 1.31. The van der Waals surface area contributed by atoms with E-state index in [4.69, 9.17) is 9.47 Å². The monoisotopic (exact) mass is 646 g/mol. The molecule has 0 aromatic heterocycles. The number of aromatic hydroxyl groups is 2. The lowest BCUT2D eigenvalue weighted by Gasteiger charge is -2.48. The fourth-order valence-corrected chi connectivity index (χ4v) is 9.65. The molecule has 4 N–H and O–H groups in total. The first-order valence-corrected chi connectivity index (χ1v) is 17.1. The summed E-state index contributed by atoms with van der Waals surface area (Å²) in [5, 5.41) is 43.0. The highest BCUT2D eigenvalue weighted by Crippen LogP contribution is 2.69. The second-order valence-corrected chi connectivity index (χ2v) is 15.6. The van der Waals surface area contributed by atoms with Gasteiger partial charge in [-0.2, -0.15) is 0 Å². The number of carboxylic acids is 2. The van der Waals surface area contributed by atoms with E-state index >= 15 is 0 Å². The Morgan fingerprint density at radius 1 is 0.723 bits per heavy atom. The Morgan fingerprint density at radius 2 is 1.19 bits per heavy atom. The van der Waals surface area contributed by atoms with Crippen molar-refractivity contribution in [1.29, 1.82) is 0 Å². The molecule has 4 aliphatic rings. The number of carboxylic acid groups (broad SMARTS) is 2. The van der Waals surface area contributed by atoms with Crippen LogP contribution in [0.2, 0.25) is 0 Å². The molecule has 0 saturated heterocycles. The third-order valence-electron chi connectivity index (χ3n) is 13.1. The van der Waals surface area contributed by atoms with Gasteiger partial charge in [-0.1, -0.05) is 12.2 Å². The summed E-state index contributed by atoms with van der Waals surface area (Å²) >= 11 is 0. The average Bonchev–Trinajstić information content (AvgIpc) is 3.58. The van der Waals surface area contributed by atoms with Gasteiger partial charge >= 0.3 is 11.9 Å². The highest BCUT2D eigenvalue weighted by molar-refractivity contribution is 5.87. The van der Waals surface area contributed by atoms with Gasteiger partial charge in [-0.25, -0.2) is 0 Å². The van der Waals surface area contributed by atoms with E-state index in [1.54, 1.807) is 0 Å². The fourth-order valence-electron chi connectivity index (χ4n) is 9.65. The van der Waals surface area contributed by atoms with Gasteiger partial charge in [0.25, 0.3) is 0 Å². The number of aliphatic carboxylic acids is 2. The van der Waals surface area contributed by atoms with E-state index in [2.05, 4.69) is 6.92 Å². The molecule has 2 heterocycles. The molecule has 6 unspecified atom stereocenters. The van der Waals surface area contributed by atoms with Gasteiger partial charge in [0, 0.05) is 16.5 Å². The molecule has 8 heteroatoms. The maximum absolute atomic E-state index is 13.6. The zero-order valence-electron chi connectivity index (χ0n) is 29.1. The molecule has 47 heavy (non-hydrogen) atoms. The molecule has 0 radical (unpaired) electrons. The molecule has 0 spiro atoms. The summed E-state index contributed by atoms with van der Waals surface area (Å²) in [6, 6.07) is 0. The largest absolute Gasteiger partial charge is 0.507 e. The van der Waals surface area contributed by atoms with Crippen LogP contribution in [0.25, 0.3) is 0 Å². The van der Waals surface area contributed by atoms with E-state index in [0.717, 1.165) is 62.4 Å². The molecule has 1 saturated carbocycles. The number of rotatable bonds is 8. The van der Waals surface area contributed by atoms with Crippen molar-refractivity contribution in [2.75, 3.05) is 0 Å². The van der Waals surface area contributed by atoms with Crippen LogP contribution in [0.4, 0.5) is 0 Å². The number of ether oxygens (including phenoxy) is 2. The zero-order valence-corrected chi connectivity index (χ0v) is 29.1. The fraction of sp³-hybridized carbons (Fsp3) is 0.590. The number of phenolic OH excluding ortho intramolecular Hbond substituents is 2. The normalized spacial score (nSPS) is 32.0. The highest BCUT2D eigenvalue weighted by Gasteiger charge is 2.71. The van der Waals surface area contributed by atoms with Gasteiger partial charge in [0.05, 0.1) is 11.3 Å². The Labute approximate surface area is 277 Å². The molecule has 6 rings (SSSR count). The van der Waals surface area contributed by atoms with Crippen LogP contribution in [0.3, 0.4) is 0 Å². The minimum Gasteiger partial charge on any atom is -0.507 e. The molecule has 1 fully saturated rings. The van der Waals surface area contributed by atoms with Crippen molar-refractivity contribution < 1.29 is 39.5 Å². The minimum absolute atomic E-state index is 0.179. The molecular formula is C39H50O8. The van der Waals surface area contributed by atoms with Crippen LogP contribution in [0, 0.1) is 64.2 Å². The van der Waals surface area contributed by atoms with E-state index < -0.39 is 39.9 Å². The van der Waals surface area contributed by atoms with Crippen molar-refractivity contribution in [3.63, 3.8) is 0 Å². The molecule has 0 amide bonds. The molecule has 6 atom stereocenters. The Kier molecular flexibility index (Phi) is 7.73. The first-order chi connectivity index (χ1) is 21.9. The van der Waals surface area contributed by atoms with Crippen molar-refractivity contribution in [1.82, 2.24) is 0 Å². The van der Waals surface area contributed by atoms with Gasteiger partial charge in [-0.15, -0.1) is 0 Å². The number of phenols is 2. The van der Waals surface area contributed by atoms with Crippen LogP contribution in [0.1, 0.15) is 103 Å². The van der Waals surface area contributed by atoms with E-state index in [-0.39, 0.29) is 18.1 Å². The number of hydrogen-bond acceptors (Lipinski definition) is 6. The van der Waals surface area contributed by atoms with Gasteiger partial charge in [0.2, 0.25) is 0 Å². The smallest absolute Gasteiger partial charge is 0.311 e. The predicted octanol–water partition coefficient (Wildman–Crippen LogP) is 7.72. The lowest BCUT2D eigenvalue weighted by molar-refractivity contribution is -0.171. The minimum atomic E-state index is -1.50. The van der Waals surface area contributed by atoms with Crippen molar-refractivity contribution in [3.8, 4) is 23.0 Å². The lowest BCUT2D eigenvalue weighted by Crippen LogP contribution is -2.53.